The normalized spacial score (nSPS) is 28.4. The van der Waals surface area contributed by atoms with Gasteiger partial charge in [-0.25, -0.2) is 0 Å². The number of aryl methyl sites for hydroxylation is 1. The van der Waals surface area contributed by atoms with Gasteiger partial charge in [0.2, 0.25) is 0 Å². The predicted molar refractivity (Wildman–Crippen MR) is 72.3 cm³/mol. The Labute approximate surface area is 117 Å². The molecule has 1 aliphatic carbocycles. The predicted octanol–water partition coefficient (Wildman–Crippen LogP) is 1.72. The molecule has 1 aliphatic heterocycles. The van der Waals surface area contributed by atoms with Crippen molar-refractivity contribution in [1.29, 1.82) is 0 Å². The smallest absolute Gasteiger partial charge is 0.311 e. The Morgan fingerprint density at radius 3 is 2.90 bits per heavy atom. The molecule has 0 aromatic carbocycles. The number of amides is 1. The first-order valence-corrected chi connectivity index (χ1v) is 6.97. The number of likely N-dealkylation sites (tertiary alicyclic amines) is 1. The summed E-state index contributed by atoms with van der Waals surface area (Å²) in [4.78, 5) is 29.8. The summed E-state index contributed by atoms with van der Waals surface area (Å²) in [5.74, 6) is -0.754. The van der Waals surface area contributed by atoms with E-state index in [-0.39, 0.29) is 11.8 Å². The van der Waals surface area contributed by atoms with Gasteiger partial charge in [0.1, 0.15) is 0 Å². The number of hydrogen-bond donors (Lipinski definition) is 1. The molecule has 5 nitrogen and oxygen atoms in total. The quantitative estimate of drug-likeness (QED) is 0.891. The van der Waals surface area contributed by atoms with Crippen LogP contribution in [0, 0.1) is 18.3 Å². The van der Waals surface area contributed by atoms with E-state index in [1.165, 1.54) is 0 Å². The number of pyridine rings is 1. The molecule has 1 N–H and O–H groups in total. The summed E-state index contributed by atoms with van der Waals surface area (Å²) in [5.41, 5.74) is 0.765. The minimum Gasteiger partial charge on any atom is -0.481 e. The highest BCUT2D eigenvalue weighted by molar-refractivity contribution is 5.95. The van der Waals surface area contributed by atoms with Crippen LogP contribution in [0.3, 0.4) is 0 Å². The maximum atomic E-state index is 12.5. The maximum absolute atomic E-state index is 12.5. The average Bonchev–Trinajstić information content (AvgIpc) is 2.95. The topological polar surface area (TPSA) is 70.5 Å². The lowest BCUT2D eigenvalue weighted by Gasteiger charge is -2.23. The molecule has 3 rings (SSSR count). The number of fused-ring (bicyclic) bond motifs is 1. The molecule has 2 fully saturated rings. The van der Waals surface area contributed by atoms with Gasteiger partial charge in [-0.2, -0.15) is 0 Å². The van der Waals surface area contributed by atoms with Gasteiger partial charge < -0.3 is 10.0 Å². The van der Waals surface area contributed by atoms with E-state index in [2.05, 4.69) is 4.98 Å². The van der Waals surface area contributed by atoms with Gasteiger partial charge in [0.25, 0.3) is 5.91 Å². The molecule has 2 atom stereocenters. The van der Waals surface area contributed by atoms with Crippen molar-refractivity contribution in [2.45, 2.75) is 26.2 Å². The highest BCUT2D eigenvalue weighted by Gasteiger charge is 2.55. The Kier molecular flexibility index (Phi) is 3.00. The number of carbonyl (C=O) groups excluding carboxylic acids is 1. The number of carbonyl (C=O) groups is 2. The zero-order chi connectivity index (χ0) is 14.3. The Balaban J connectivity index is 1.84. The van der Waals surface area contributed by atoms with Gasteiger partial charge in [0.05, 0.1) is 11.0 Å². The van der Waals surface area contributed by atoms with Crippen molar-refractivity contribution in [3.05, 3.63) is 29.6 Å². The molecular weight excluding hydrogens is 256 g/mol. The summed E-state index contributed by atoms with van der Waals surface area (Å²) >= 11 is 0. The maximum Gasteiger partial charge on any atom is 0.311 e. The van der Waals surface area contributed by atoms with Gasteiger partial charge in [-0.1, -0.05) is 6.42 Å². The lowest BCUT2D eigenvalue weighted by Crippen LogP contribution is -2.37. The van der Waals surface area contributed by atoms with E-state index >= 15 is 0 Å². The first-order chi connectivity index (χ1) is 9.53. The van der Waals surface area contributed by atoms with E-state index in [9.17, 15) is 14.7 Å². The standard InChI is InChI=1S/C15H18N2O3/c1-10-5-11(7-16-6-10)13(18)17-8-12-3-2-4-15(12,9-17)14(19)20/h5-7,12H,2-4,8-9H2,1H3,(H,19,20)/t12-,15+/m0/s1. The van der Waals surface area contributed by atoms with E-state index in [0.29, 0.717) is 25.1 Å². The third kappa shape index (κ3) is 1.88. The molecule has 1 saturated carbocycles. The van der Waals surface area contributed by atoms with E-state index in [1.54, 1.807) is 23.4 Å². The van der Waals surface area contributed by atoms with Crippen molar-refractivity contribution in [2.24, 2.45) is 11.3 Å². The third-order valence-electron chi connectivity index (χ3n) is 4.71. The van der Waals surface area contributed by atoms with Crippen LogP contribution in [0.5, 0.6) is 0 Å². The molecular formula is C15H18N2O3. The molecule has 0 unspecified atom stereocenters. The molecule has 2 aliphatic rings. The summed E-state index contributed by atoms with van der Waals surface area (Å²) in [6.45, 7) is 2.78. The fourth-order valence-electron chi connectivity index (χ4n) is 3.65. The Bertz CT molecular complexity index is 572. The molecule has 1 aromatic rings. The van der Waals surface area contributed by atoms with Gasteiger partial charge in [-0.3, -0.25) is 14.6 Å². The number of hydrogen-bond acceptors (Lipinski definition) is 3. The van der Waals surface area contributed by atoms with Crippen molar-refractivity contribution in [3.8, 4) is 0 Å². The number of rotatable bonds is 2. The van der Waals surface area contributed by atoms with E-state index in [4.69, 9.17) is 0 Å². The molecule has 1 aromatic heterocycles. The molecule has 5 heteroatoms. The van der Waals surface area contributed by atoms with Gasteiger partial charge in [0, 0.05) is 25.5 Å². The largest absolute Gasteiger partial charge is 0.481 e. The third-order valence-corrected chi connectivity index (χ3v) is 4.71. The van der Waals surface area contributed by atoms with E-state index in [1.807, 2.05) is 6.92 Å². The average molecular weight is 274 g/mol. The van der Waals surface area contributed by atoms with Crippen molar-refractivity contribution in [3.63, 3.8) is 0 Å². The molecule has 1 amide bonds. The molecule has 2 heterocycles. The lowest BCUT2D eigenvalue weighted by molar-refractivity contribution is -0.149. The van der Waals surface area contributed by atoms with Crippen LogP contribution in [-0.2, 0) is 4.79 Å². The van der Waals surface area contributed by atoms with Crippen LogP contribution in [0.1, 0.15) is 35.2 Å². The van der Waals surface area contributed by atoms with Crippen molar-refractivity contribution in [1.82, 2.24) is 9.88 Å². The summed E-state index contributed by atoms with van der Waals surface area (Å²) in [6, 6.07) is 1.80. The first-order valence-electron chi connectivity index (χ1n) is 6.97. The second kappa shape index (κ2) is 4.58. The summed E-state index contributed by atoms with van der Waals surface area (Å²) in [5, 5.41) is 9.54. The van der Waals surface area contributed by atoms with Crippen LogP contribution in [0.2, 0.25) is 0 Å². The molecule has 20 heavy (non-hydrogen) atoms. The fraction of sp³-hybridized carbons (Fsp3) is 0.533. The first kappa shape index (κ1) is 13.1. The summed E-state index contributed by atoms with van der Waals surface area (Å²) in [7, 11) is 0. The van der Waals surface area contributed by atoms with E-state index < -0.39 is 11.4 Å². The Morgan fingerprint density at radius 2 is 2.25 bits per heavy atom. The number of carboxylic acids is 1. The van der Waals surface area contributed by atoms with E-state index in [0.717, 1.165) is 18.4 Å². The van der Waals surface area contributed by atoms with Crippen molar-refractivity contribution < 1.29 is 14.7 Å². The second-order valence-corrected chi connectivity index (χ2v) is 5.99. The van der Waals surface area contributed by atoms with Crippen LogP contribution >= 0.6 is 0 Å². The number of carboxylic acid groups (broad SMARTS) is 1. The van der Waals surface area contributed by atoms with Crippen molar-refractivity contribution >= 4 is 11.9 Å². The highest BCUT2D eigenvalue weighted by Crippen LogP contribution is 2.49. The molecule has 1 saturated heterocycles. The highest BCUT2D eigenvalue weighted by atomic mass is 16.4. The zero-order valence-electron chi connectivity index (χ0n) is 11.5. The number of aliphatic carboxylic acids is 1. The van der Waals surface area contributed by atoms with Gasteiger partial charge in [-0.05, 0) is 37.3 Å². The number of aromatic nitrogens is 1. The minimum atomic E-state index is -0.752. The lowest BCUT2D eigenvalue weighted by atomic mass is 9.81. The minimum absolute atomic E-state index is 0.0988. The molecule has 0 bridgehead atoms. The Morgan fingerprint density at radius 1 is 1.45 bits per heavy atom. The fourth-order valence-corrected chi connectivity index (χ4v) is 3.65. The summed E-state index contributed by atoms with van der Waals surface area (Å²) < 4.78 is 0. The van der Waals surface area contributed by atoms with Crippen LogP contribution in [-0.4, -0.2) is 40.0 Å². The van der Waals surface area contributed by atoms with Gasteiger partial charge >= 0.3 is 5.97 Å². The Hall–Kier alpha value is -1.91. The zero-order valence-corrected chi connectivity index (χ0v) is 11.5. The SMILES string of the molecule is Cc1cncc(C(=O)N2C[C@@H]3CCC[C@@]3(C(=O)O)C2)c1. The van der Waals surface area contributed by atoms with Gasteiger partial charge in [0.15, 0.2) is 0 Å². The summed E-state index contributed by atoms with van der Waals surface area (Å²) in [6.07, 6.45) is 5.79. The molecule has 0 radical (unpaired) electrons. The molecule has 0 spiro atoms. The molecule has 106 valence electrons. The van der Waals surface area contributed by atoms with Crippen LogP contribution in [0.15, 0.2) is 18.5 Å². The van der Waals surface area contributed by atoms with Gasteiger partial charge in [-0.15, -0.1) is 0 Å². The number of nitrogens with zero attached hydrogens (tertiary/aromatic N) is 2. The van der Waals surface area contributed by atoms with Crippen LogP contribution in [0.25, 0.3) is 0 Å². The second-order valence-electron chi connectivity index (χ2n) is 5.99. The van der Waals surface area contributed by atoms with Crippen LogP contribution < -0.4 is 0 Å². The monoisotopic (exact) mass is 274 g/mol. The van der Waals surface area contributed by atoms with Crippen molar-refractivity contribution in [2.75, 3.05) is 13.1 Å². The van der Waals surface area contributed by atoms with Crippen LogP contribution in [0.4, 0.5) is 0 Å².